The normalized spacial score (nSPS) is 17.4. The molecule has 0 amide bonds. The highest BCUT2D eigenvalue weighted by Crippen LogP contribution is 2.31. The molecule has 0 bridgehead atoms. The van der Waals surface area contributed by atoms with Crippen molar-refractivity contribution in [2.24, 2.45) is 0 Å². The van der Waals surface area contributed by atoms with E-state index in [0.29, 0.717) is 18.2 Å². The molecule has 8 heteroatoms. The van der Waals surface area contributed by atoms with Crippen LogP contribution in [0.2, 0.25) is 0 Å². The van der Waals surface area contributed by atoms with E-state index in [1.807, 2.05) is 19.1 Å². The van der Waals surface area contributed by atoms with Gasteiger partial charge in [0.05, 0.1) is 0 Å². The third-order valence-corrected chi connectivity index (χ3v) is 6.51. The van der Waals surface area contributed by atoms with Crippen LogP contribution in [0.4, 0.5) is 14.6 Å². The van der Waals surface area contributed by atoms with E-state index >= 15 is 0 Å². The van der Waals surface area contributed by atoms with E-state index < -0.39 is 11.6 Å². The van der Waals surface area contributed by atoms with Crippen LogP contribution in [0.25, 0.3) is 0 Å². The molecule has 0 radical (unpaired) electrons. The lowest BCUT2D eigenvalue weighted by molar-refractivity contribution is 0.286. The van der Waals surface area contributed by atoms with Gasteiger partial charge in [0.1, 0.15) is 24.1 Å². The Bertz CT molecular complexity index is 1200. The molecule has 5 rings (SSSR count). The van der Waals surface area contributed by atoms with Gasteiger partial charge in [-0.2, -0.15) is 4.98 Å². The third kappa shape index (κ3) is 4.47. The molecule has 33 heavy (non-hydrogen) atoms. The molecule has 0 N–H and O–H groups in total. The molecular formula is C25H26F2N4O2. The number of aromatic nitrogens is 3. The van der Waals surface area contributed by atoms with Gasteiger partial charge in [0, 0.05) is 49.1 Å². The molecule has 2 aliphatic heterocycles. The second kappa shape index (κ2) is 8.92. The van der Waals surface area contributed by atoms with Crippen molar-refractivity contribution >= 4 is 5.82 Å². The molecule has 1 unspecified atom stereocenters. The van der Waals surface area contributed by atoms with Gasteiger partial charge in [0.25, 0.3) is 0 Å². The SMILES string of the molecule is Cc1ccc(Cc2c(F)cc(COc3cc4n(c(=O)n3)CCC3CCCCN43)cc2F)cn1. The number of piperidine rings is 1. The van der Waals surface area contributed by atoms with Gasteiger partial charge in [-0.3, -0.25) is 9.55 Å². The quantitative estimate of drug-likeness (QED) is 0.582. The number of rotatable bonds is 5. The summed E-state index contributed by atoms with van der Waals surface area (Å²) >= 11 is 0. The number of anilines is 1. The number of ether oxygens (including phenoxy) is 1. The number of halogens is 2. The lowest BCUT2D eigenvalue weighted by Gasteiger charge is -2.42. The molecule has 1 atom stereocenters. The van der Waals surface area contributed by atoms with Crippen LogP contribution in [0.15, 0.2) is 41.3 Å². The van der Waals surface area contributed by atoms with Crippen LogP contribution in [-0.4, -0.2) is 27.1 Å². The summed E-state index contributed by atoms with van der Waals surface area (Å²) < 4.78 is 36.8. The average Bonchev–Trinajstić information content (AvgIpc) is 2.81. The minimum Gasteiger partial charge on any atom is -0.473 e. The van der Waals surface area contributed by atoms with Crippen LogP contribution in [0.3, 0.4) is 0 Å². The van der Waals surface area contributed by atoms with E-state index in [1.54, 1.807) is 16.8 Å². The summed E-state index contributed by atoms with van der Waals surface area (Å²) in [6.07, 6.45) is 6.10. The Hall–Kier alpha value is -3.29. The summed E-state index contributed by atoms with van der Waals surface area (Å²) in [5.41, 5.74) is 1.55. The highest BCUT2D eigenvalue weighted by atomic mass is 19.1. The van der Waals surface area contributed by atoms with Crippen LogP contribution in [0.5, 0.6) is 5.88 Å². The van der Waals surface area contributed by atoms with Gasteiger partial charge in [0.15, 0.2) is 0 Å². The molecule has 6 nitrogen and oxygen atoms in total. The molecule has 0 saturated carbocycles. The van der Waals surface area contributed by atoms with Gasteiger partial charge in [-0.05, 0) is 61.9 Å². The van der Waals surface area contributed by atoms with Crippen molar-refractivity contribution in [3.8, 4) is 5.88 Å². The zero-order valence-electron chi connectivity index (χ0n) is 18.6. The first-order chi connectivity index (χ1) is 16.0. The zero-order valence-corrected chi connectivity index (χ0v) is 18.6. The number of hydrogen-bond donors (Lipinski definition) is 0. The maximum atomic E-state index is 14.7. The fourth-order valence-corrected chi connectivity index (χ4v) is 4.75. The average molecular weight is 453 g/mol. The van der Waals surface area contributed by atoms with Gasteiger partial charge >= 0.3 is 5.69 Å². The monoisotopic (exact) mass is 452 g/mol. The van der Waals surface area contributed by atoms with E-state index in [9.17, 15) is 13.6 Å². The molecule has 1 aromatic carbocycles. The Labute approximate surface area is 190 Å². The van der Waals surface area contributed by atoms with E-state index in [4.69, 9.17) is 4.74 Å². The molecule has 2 aliphatic rings. The van der Waals surface area contributed by atoms with Crippen LogP contribution < -0.4 is 15.3 Å². The summed E-state index contributed by atoms with van der Waals surface area (Å²) in [7, 11) is 0. The number of nitrogens with zero attached hydrogens (tertiary/aromatic N) is 4. The summed E-state index contributed by atoms with van der Waals surface area (Å²) in [6, 6.07) is 8.37. The molecule has 4 heterocycles. The Morgan fingerprint density at radius 1 is 1.06 bits per heavy atom. The number of fused-ring (bicyclic) bond motifs is 3. The summed E-state index contributed by atoms with van der Waals surface area (Å²) in [5, 5.41) is 0. The number of hydrogen-bond acceptors (Lipinski definition) is 5. The van der Waals surface area contributed by atoms with Crippen molar-refractivity contribution in [2.75, 3.05) is 11.4 Å². The van der Waals surface area contributed by atoms with Crippen LogP contribution in [0, 0.1) is 18.6 Å². The minimum absolute atomic E-state index is 0.00862. The fraction of sp³-hybridized carbons (Fsp3) is 0.400. The van der Waals surface area contributed by atoms with Crippen LogP contribution in [-0.2, 0) is 19.6 Å². The molecule has 0 aliphatic carbocycles. The number of benzene rings is 1. The fourth-order valence-electron chi connectivity index (χ4n) is 4.75. The highest BCUT2D eigenvalue weighted by molar-refractivity contribution is 5.45. The molecule has 3 aromatic rings. The first-order valence-electron chi connectivity index (χ1n) is 11.4. The number of aryl methyl sites for hydroxylation is 1. The first-order valence-corrected chi connectivity index (χ1v) is 11.4. The predicted molar refractivity (Wildman–Crippen MR) is 121 cm³/mol. The predicted octanol–water partition coefficient (Wildman–Crippen LogP) is 4.16. The molecule has 1 fully saturated rings. The van der Waals surface area contributed by atoms with E-state index in [1.165, 1.54) is 18.6 Å². The maximum Gasteiger partial charge on any atom is 0.352 e. The van der Waals surface area contributed by atoms with Gasteiger partial charge in [0.2, 0.25) is 5.88 Å². The standard InChI is InChI=1S/C25H26F2N4O2/c1-16-5-6-17(14-28-16)10-20-21(26)11-18(12-22(20)27)15-33-23-13-24-30-8-3-2-4-19(30)7-9-31(24)25(32)29-23/h5-6,11-14,19H,2-4,7-10,15H2,1H3. The zero-order chi connectivity index (χ0) is 22.9. The highest BCUT2D eigenvalue weighted by Gasteiger charge is 2.30. The molecule has 172 valence electrons. The Kier molecular flexibility index (Phi) is 5.83. The maximum absolute atomic E-state index is 14.7. The van der Waals surface area contributed by atoms with Gasteiger partial charge < -0.3 is 9.64 Å². The van der Waals surface area contributed by atoms with Crippen molar-refractivity contribution in [1.29, 1.82) is 0 Å². The second-order valence-electron chi connectivity index (χ2n) is 8.83. The van der Waals surface area contributed by atoms with Crippen molar-refractivity contribution in [1.82, 2.24) is 14.5 Å². The Morgan fingerprint density at radius 2 is 1.88 bits per heavy atom. The lowest BCUT2D eigenvalue weighted by Crippen LogP contribution is -2.47. The van der Waals surface area contributed by atoms with E-state index in [-0.39, 0.29) is 30.2 Å². The van der Waals surface area contributed by atoms with Crippen LogP contribution in [0.1, 0.15) is 48.1 Å². The lowest BCUT2D eigenvalue weighted by atomic mass is 9.97. The summed E-state index contributed by atoms with van der Waals surface area (Å²) in [5.74, 6) is -0.277. The van der Waals surface area contributed by atoms with Crippen molar-refractivity contribution < 1.29 is 13.5 Å². The first kappa shape index (κ1) is 21.6. The summed E-state index contributed by atoms with van der Waals surface area (Å²) in [6.45, 7) is 3.33. The Morgan fingerprint density at radius 3 is 2.64 bits per heavy atom. The molecule has 1 saturated heterocycles. The summed E-state index contributed by atoms with van der Waals surface area (Å²) in [4.78, 5) is 23.0. The number of pyridine rings is 1. The smallest absolute Gasteiger partial charge is 0.352 e. The topological polar surface area (TPSA) is 60.3 Å². The minimum atomic E-state index is -0.635. The Balaban J connectivity index is 1.33. The van der Waals surface area contributed by atoms with Crippen molar-refractivity contribution in [3.05, 3.63) is 81.0 Å². The van der Waals surface area contributed by atoms with Gasteiger partial charge in [-0.15, -0.1) is 0 Å². The van der Waals surface area contributed by atoms with Crippen molar-refractivity contribution in [2.45, 2.75) is 58.2 Å². The molecule has 0 spiro atoms. The van der Waals surface area contributed by atoms with Gasteiger partial charge in [-0.1, -0.05) is 6.07 Å². The van der Waals surface area contributed by atoms with E-state index in [2.05, 4.69) is 14.9 Å². The largest absolute Gasteiger partial charge is 0.473 e. The molecule has 2 aromatic heterocycles. The van der Waals surface area contributed by atoms with Crippen LogP contribution >= 0.6 is 0 Å². The van der Waals surface area contributed by atoms with Gasteiger partial charge in [-0.25, -0.2) is 13.6 Å². The second-order valence-corrected chi connectivity index (χ2v) is 8.83. The third-order valence-electron chi connectivity index (χ3n) is 6.51. The van der Waals surface area contributed by atoms with E-state index in [0.717, 1.165) is 42.9 Å². The molecular weight excluding hydrogens is 426 g/mol. The van der Waals surface area contributed by atoms with Crippen molar-refractivity contribution in [3.63, 3.8) is 0 Å².